The van der Waals surface area contributed by atoms with Crippen LogP contribution in [-0.2, 0) is 27.0 Å². The van der Waals surface area contributed by atoms with Crippen LogP contribution in [-0.4, -0.2) is 31.7 Å². The fraction of sp³-hybridized carbons (Fsp3) is 0.435. The summed E-state index contributed by atoms with van der Waals surface area (Å²) in [7, 11) is -3.49. The Bertz CT molecular complexity index is 999. The van der Waals surface area contributed by atoms with Gasteiger partial charge in [0.15, 0.2) is 0 Å². The quantitative estimate of drug-likeness (QED) is 0.789. The lowest BCUT2D eigenvalue weighted by Gasteiger charge is -2.32. The Hall–Kier alpha value is -2.25. The summed E-state index contributed by atoms with van der Waals surface area (Å²) >= 11 is 0. The largest absolute Gasteiger partial charge is 0.349 e. The molecule has 160 valence electrons. The second kappa shape index (κ2) is 8.86. The molecule has 1 aliphatic heterocycles. The minimum absolute atomic E-state index is 0.0206. The number of benzene rings is 2. The highest BCUT2D eigenvalue weighted by atomic mass is 32.2. The number of nitrogens with one attached hydrogen (secondary N) is 1. The summed E-state index contributed by atoms with van der Waals surface area (Å²) in [4.78, 5) is 12.8. The second-order valence-electron chi connectivity index (χ2n) is 8.21. The third-order valence-electron chi connectivity index (χ3n) is 6.17. The summed E-state index contributed by atoms with van der Waals surface area (Å²) < 4.78 is 39.9. The van der Waals surface area contributed by atoms with E-state index in [4.69, 9.17) is 0 Å². The molecule has 1 atom stereocenters. The first-order valence-electron chi connectivity index (χ1n) is 10.5. The Balaban J connectivity index is 1.33. The molecule has 7 heteroatoms. The first kappa shape index (κ1) is 21.0. The fourth-order valence-electron chi connectivity index (χ4n) is 4.47. The molecule has 1 saturated heterocycles. The van der Waals surface area contributed by atoms with Crippen LogP contribution in [0, 0.1) is 11.7 Å². The van der Waals surface area contributed by atoms with E-state index in [-0.39, 0.29) is 29.4 Å². The number of fused-ring (bicyclic) bond motifs is 1. The van der Waals surface area contributed by atoms with Gasteiger partial charge in [-0.2, -0.15) is 0 Å². The number of amides is 1. The van der Waals surface area contributed by atoms with Crippen LogP contribution >= 0.6 is 0 Å². The topological polar surface area (TPSA) is 66.5 Å². The number of halogens is 1. The Morgan fingerprint density at radius 2 is 1.73 bits per heavy atom. The first-order valence-corrected chi connectivity index (χ1v) is 12.1. The summed E-state index contributed by atoms with van der Waals surface area (Å²) in [6, 6.07) is 13.8. The van der Waals surface area contributed by atoms with E-state index < -0.39 is 10.0 Å². The molecule has 1 N–H and O–H groups in total. The highest BCUT2D eigenvalue weighted by molar-refractivity contribution is 7.88. The van der Waals surface area contributed by atoms with Crippen molar-refractivity contribution in [2.75, 3.05) is 13.1 Å². The van der Waals surface area contributed by atoms with Crippen LogP contribution < -0.4 is 5.32 Å². The fourth-order valence-corrected chi connectivity index (χ4v) is 6.04. The van der Waals surface area contributed by atoms with Gasteiger partial charge in [-0.15, -0.1) is 0 Å². The number of hydrogen-bond donors (Lipinski definition) is 1. The van der Waals surface area contributed by atoms with Crippen molar-refractivity contribution in [1.82, 2.24) is 9.62 Å². The Morgan fingerprint density at radius 1 is 1.03 bits per heavy atom. The predicted octanol–water partition coefficient (Wildman–Crippen LogP) is 3.56. The van der Waals surface area contributed by atoms with Crippen molar-refractivity contribution in [2.45, 2.75) is 43.9 Å². The van der Waals surface area contributed by atoms with Crippen molar-refractivity contribution in [1.29, 1.82) is 0 Å². The van der Waals surface area contributed by atoms with Crippen molar-refractivity contribution >= 4 is 15.9 Å². The van der Waals surface area contributed by atoms with E-state index in [1.54, 1.807) is 0 Å². The molecule has 4 rings (SSSR count). The lowest BCUT2D eigenvalue weighted by Crippen LogP contribution is -2.44. The van der Waals surface area contributed by atoms with Crippen molar-refractivity contribution in [2.24, 2.45) is 5.92 Å². The van der Waals surface area contributed by atoms with Gasteiger partial charge in [-0.25, -0.2) is 17.1 Å². The van der Waals surface area contributed by atoms with Gasteiger partial charge in [0.25, 0.3) is 0 Å². The highest BCUT2D eigenvalue weighted by Gasteiger charge is 2.32. The zero-order chi connectivity index (χ0) is 21.1. The van der Waals surface area contributed by atoms with Crippen molar-refractivity contribution in [3.63, 3.8) is 0 Å². The normalized spacial score (nSPS) is 20.5. The second-order valence-corrected chi connectivity index (χ2v) is 10.2. The van der Waals surface area contributed by atoms with Gasteiger partial charge < -0.3 is 5.32 Å². The zero-order valence-corrected chi connectivity index (χ0v) is 17.7. The Labute approximate surface area is 177 Å². The summed E-state index contributed by atoms with van der Waals surface area (Å²) in [5, 5.41) is 3.20. The van der Waals surface area contributed by atoms with Gasteiger partial charge in [-0.1, -0.05) is 36.4 Å². The summed E-state index contributed by atoms with van der Waals surface area (Å²) in [5.41, 5.74) is 3.07. The number of sulfonamides is 1. The van der Waals surface area contributed by atoms with Crippen molar-refractivity contribution in [3.8, 4) is 0 Å². The van der Waals surface area contributed by atoms with E-state index in [0.29, 0.717) is 31.5 Å². The molecule has 1 unspecified atom stereocenters. The maximum atomic E-state index is 13.0. The van der Waals surface area contributed by atoms with Crippen LogP contribution in [0.4, 0.5) is 4.39 Å². The molecule has 2 aliphatic rings. The smallest absolute Gasteiger partial charge is 0.223 e. The van der Waals surface area contributed by atoms with Gasteiger partial charge in [-0.05, 0) is 60.9 Å². The maximum Gasteiger partial charge on any atom is 0.223 e. The van der Waals surface area contributed by atoms with Crippen molar-refractivity contribution in [3.05, 3.63) is 71.0 Å². The molecular formula is C23H27FN2O3S. The minimum atomic E-state index is -3.49. The third kappa shape index (κ3) is 4.73. The van der Waals surface area contributed by atoms with Gasteiger partial charge in [-0.3, -0.25) is 4.79 Å². The lowest BCUT2D eigenvalue weighted by atomic mass is 9.87. The number of carbonyl (C=O) groups is 1. The average molecular weight is 431 g/mol. The molecule has 5 nitrogen and oxygen atoms in total. The SMILES string of the molecule is O=C(NC1CCCc2ccccc21)C1CCN(S(=O)(=O)Cc2ccc(F)cc2)CC1. The van der Waals surface area contributed by atoms with Crippen LogP contribution in [0.1, 0.15) is 48.4 Å². The van der Waals surface area contributed by atoms with Crippen LogP contribution in [0.5, 0.6) is 0 Å². The average Bonchev–Trinajstić information content (AvgIpc) is 2.75. The lowest BCUT2D eigenvalue weighted by molar-refractivity contribution is -0.127. The van der Waals surface area contributed by atoms with Crippen LogP contribution in [0.2, 0.25) is 0 Å². The molecular weight excluding hydrogens is 403 g/mol. The van der Waals surface area contributed by atoms with E-state index in [0.717, 1.165) is 19.3 Å². The van der Waals surface area contributed by atoms with E-state index >= 15 is 0 Å². The predicted molar refractivity (Wildman–Crippen MR) is 114 cm³/mol. The molecule has 1 aliphatic carbocycles. The van der Waals surface area contributed by atoms with E-state index in [1.807, 2.05) is 12.1 Å². The summed E-state index contributed by atoms with van der Waals surface area (Å²) in [6.07, 6.45) is 4.08. The summed E-state index contributed by atoms with van der Waals surface area (Å²) in [5.74, 6) is -0.685. The molecule has 1 fully saturated rings. The molecule has 0 aromatic heterocycles. The number of nitrogens with zero attached hydrogens (tertiary/aromatic N) is 1. The van der Waals surface area contributed by atoms with Gasteiger partial charge in [0, 0.05) is 19.0 Å². The maximum absolute atomic E-state index is 13.0. The highest BCUT2D eigenvalue weighted by Crippen LogP contribution is 2.30. The Kier molecular flexibility index (Phi) is 6.20. The Morgan fingerprint density at radius 3 is 2.47 bits per heavy atom. The summed E-state index contributed by atoms with van der Waals surface area (Å²) in [6.45, 7) is 0.672. The molecule has 2 aromatic carbocycles. The van der Waals surface area contributed by atoms with E-state index in [1.165, 1.54) is 39.7 Å². The number of carbonyl (C=O) groups excluding carboxylic acids is 1. The molecule has 0 bridgehead atoms. The van der Waals surface area contributed by atoms with Gasteiger partial charge in [0.1, 0.15) is 5.82 Å². The van der Waals surface area contributed by atoms with Crippen molar-refractivity contribution < 1.29 is 17.6 Å². The van der Waals surface area contributed by atoms with Crippen LogP contribution in [0.25, 0.3) is 0 Å². The van der Waals surface area contributed by atoms with E-state index in [9.17, 15) is 17.6 Å². The zero-order valence-electron chi connectivity index (χ0n) is 16.9. The van der Waals surface area contributed by atoms with Gasteiger partial charge in [0.2, 0.25) is 15.9 Å². The van der Waals surface area contributed by atoms with Crippen LogP contribution in [0.3, 0.4) is 0 Å². The molecule has 2 aromatic rings. The molecule has 1 heterocycles. The van der Waals surface area contributed by atoms with Crippen LogP contribution in [0.15, 0.2) is 48.5 Å². The molecule has 1 amide bonds. The van der Waals surface area contributed by atoms with Gasteiger partial charge in [0.05, 0.1) is 11.8 Å². The number of piperidine rings is 1. The third-order valence-corrected chi connectivity index (χ3v) is 8.02. The monoisotopic (exact) mass is 430 g/mol. The number of rotatable bonds is 5. The minimum Gasteiger partial charge on any atom is -0.349 e. The van der Waals surface area contributed by atoms with E-state index in [2.05, 4.69) is 17.4 Å². The molecule has 0 radical (unpaired) electrons. The number of aryl methyl sites for hydroxylation is 1. The molecule has 0 saturated carbocycles. The standard InChI is InChI=1S/C23H27FN2O3S/c24-20-10-8-17(9-11-20)16-30(28,29)26-14-12-19(13-15-26)23(27)25-22-7-3-5-18-4-1-2-6-21(18)22/h1-2,4,6,8-11,19,22H,3,5,7,12-16H2,(H,25,27). The van der Waals surface area contributed by atoms with Gasteiger partial charge >= 0.3 is 0 Å². The first-order chi connectivity index (χ1) is 14.4. The molecule has 30 heavy (non-hydrogen) atoms. The number of hydrogen-bond acceptors (Lipinski definition) is 3. The molecule has 0 spiro atoms.